The Morgan fingerprint density at radius 1 is 1.44 bits per heavy atom. The summed E-state index contributed by atoms with van der Waals surface area (Å²) in [6, 6.07) is 9.24. The van der Waals surface area contributed by atoms with Crippen molar-refractivity contribution in [3.8, 4) is 0 Å². The van der Waals surface area contributed by atoms with Crippen LogP contribution in [0.1, 0.15) is 49.3 Å². The van der Waals surface area contributed by atoms with Gasteiger partial charge in [-0.15, -0.1) is 0 Å². The standard InChI is InChI=1S/C15H24N2O/c1-11(7-8-18)17-15(10-16)14-4-2-3-13(9-14)12-5-6-12/h2-4,9,11-12,15,17-18H,5-8,10,16H2,1H3. The normalized spacial score (nSPS) is 18.6. The summed E-state index contributed by atoms with van der Waals surface area (Å²) in [5.74, 6) is 0.776. The predicted molar refractivity (Wildman–Crippen MR) is 74.5 cm³/mol. The van der Waals surface area contributed by atoms with E-state index in [0.29, 0.717) is 6.54 Å². The van der Waals surface area contributed by atoms with E-state index in [1.54, 1.807) is 0 Å². The fraction of sp³-hybridized carbons (Fsp3) is 0.600. The molecular formula is C15H24N2O. The lowest BCUT2D eigenvalue weighted by Gasteiger charge is -2.22. The zero-order valence-electron chi connectivity index (χ0n) is 11.1. The quantitative estimate of drug-likeness (QED) is 0.691. The highest BCUT2D eigenvalue weighted by atomic mass is 16.3. The average Bonchev–Trinajstić information content (AvgIpc) is 3.21. The van der Waals surface area contributed by atoms with Crippen LogP contribution in [0.2, 0.25) is 0 Å². The van der Waals surface area contributed by atoms with E-state index in [1.165, 1.54) is 24.0 Å². The van der Waals surface area contributed by atoms with Gasteiger partial charge in [0.05, 0.1) is 0 Å². The maximum atomic E-state index is 8.95. The van der Waals surface area contributed by atoms with Gasteiger partial charge in [-0.1, -0.05) is 24.3 Å². The third kappa shape index (κ3) is 3.55. The van der Waals surface area contributed by atoms with Crippen LogP contribution in [0.25, 0.3) is 0 Å². The molecule has 1 aromatic rings. The van der Waals surface area contributed by atoms with Crippen molar-refractivity contribution in [1.82, 2.24) is 5.32 Å². The van der Waals surface area contributed by atoms with Crippen LogP contribution >= 0.6 is 0 Å². The third-order valence-corrected chi connectivity index (χ3v) is 3.65. The predicted octanol–water partition coefficient (Wildman–Crippen LogP) is 1.92. The van der Waals surface area contributed by atoms with Crippen molar-refractivity contribution in [3.05, 3.63) is 35.4 Å². The second-order valence-electron chi connectivity index (χ2n) is 5.31. The van der Waals surface area contributed by atoms with Crippen LogP contribution in [-0.2, 0) is 0 Å². The van der Waals surface area contributed by atoms with Gasteiger partial charge in [0.25, 0.3) is 0 Å². The Hall–Kier alpha value is -0.900. The van der Waals surface area contributed by atoms with E-state index in [-0.39, 0.29) is 18.7 Å². The molecule has 1 aliphatic rings. The van der Waals surface area contributed by atoms with Crippen molar-refractivity contribution in [3.63, 3.8) is 0 Å². The summed E-state index contributed by atoms with van der Waals surface area (Å²) in [4.78, 5) is 0. The monoisotopic (exact) mass is 248 g/mol. The molecule has 0 aromatic heterocycles. The SMILES string of the molecule is CC(CCO)NC(CN)c1cccc(C2CC2)c1. The molecule has 100 valence electrons. The Morgan fingerprint density at radius 2 is 2.22 bits per heavy atom. The van der Waals surface area contributed by atoms with Crippen molar-refractivity contribution in [2.24, 2.45) is 5.73 Å². The van der Waals surface area contributed by atoms with Gasteiger partial charge in [0.2, 0.25) is 0 Å². The molecule has 0 heterocycles. The van der Waals surface area contributed by atoms with Crippen LogP contribution < -0.4 is 11.1 Å². The van der Waals surface area contributed by atoms with Crippen LogP contribution in [0.4, 0.5) is 0 Å². The summed E-state index contributed by atoms with van der Waals surface area (Å²) in [7, 11) is 0. The maximum absolute atomic E-state index is 8.95. The molecule has 1 aliphatic carbocycles. The van der Waals surface area contributed by atoms with Gasteiger partial charge < -0.3 is 16.2 Å². The molecule has 1 aromatic carbocycles. The van der Waals surface area contributed by atoms with Gasteiger partial charge in [0.15, 0.2) is 0 Å². The molecule has 3 heteroatoms. The van der Waals surface area contributed by atoms with Crippen molar-refractivity contribution in [2.45, 2.75) is 44.2 Å². The van der Waals surface area contributed by atoms with Crippen molar-refractivity contribution < 1.29 is 5.11 Å². The van der Waals surface area contributed by atoms with Crippen LogP contribution in [0, 0.1) is 0 Å². The molecule has 18 heavy (non-hydrogen) atoms. The van der Waals surface area contributed by atoms with Gasteiger partial charge in [0.1, 0.15) is 0 Å². The van der Waals surface area contributed by atoms with Crippen LogP contribution in [0.3, 0.4) is 0 Å². The summed E-state index contributed by atoms with van der Waals surface area (Å²) in [6.07, 6.45) is 3.41. The molecule has 0 bridgehead atoms. The molecule has 0 saturated heterocycles. The number of rotatable bonds is 7. The lowest BCUT2D eigenvalue weighted by atomic mass is 10.0. The summed E-state index contributed by atoms with van der Waals surface area (Å²) in [5.41, 5.74) is 8.58. The Balaban J connectivity index is 2.04. The zero-order chi connectivity index (χ0) is 13.0. The Bertz CT molecular complexity index is 377. The smallest absolute Gasteiger partial charge is 0.0446 e. The summed E-state index contributed by atoms with van der Waals surface area (Å²) in [5, 5.41) is 12.4. The van der Waals surface area contributed by atoms with E-state index in [1.807, 2.05) is 0 Å². The Morgan fingerprint density at radius 3 is 2.83 bits per heavy atom. The van der Waals surface area contributed by atoms with Gasteiger partial charge >= 0.3 is 0 Å². The number of nitrogens with one attached hydrogen (secondary N) is 1. The minimum absolute atomic E-state index is 0.185. The number of benzene rings is 1. The van der Waals surface area contributed by atoms with Crippen molar-refractivity contribution in [2.75, 3.05) is 13.2 Å². The molecule has 0 spiro atoms. The first-order valence-corrected chi connectivity index (χ1v) is 6.91. The summed E-state index contributed by atoms with van der Waals surface area (Å²) in [6.45, 7) is 2.89. The number of nitrogens with two attached hydrogens (primary N) is 1. The first kappa shape index (κ1) is 13.5. The van der Waals surface area contributed by atoms with Gasteiger partial charge in [-0.3, -0.25) is 0 Å². The van der Waals surface area contributed by atoms with E-state index in [2.05, 4.69) is 36.5 Å². The average molecular weight is 248 g/mol. The first-order chi connectivity index (χ1) is 8.74. The topological polar surface area (TPSA) is 58.3 Å². The molecule has 2 unspecified atom stereocenters. The van der Waals surface area contributed by atoms with Gasteiger partial charge in [-0.25, -0.2) is 0 Å². The molecule has 3 nitrogen and oxygen atoms in total. The summed E-state index contributed by atoms with van der Waals surface area (Å²) >= 11 is 0. The van der Waals surface area contributed by atoms with Crippen molar-refractivity contribution >= 4 is 0 Å². The fourth-order valence-electron chi connectivity index (χ4n) is 2.37. The fourth-order valence-corrected chi connectivity index (χ4v) is 2.37. The molecule has 1 fully saturated rings. The van der Waals surface area contributed by atoms with Crippen LogP contribution in [0.5, 0.6) is 0 Å². The van der Waals surface area contributed by atoms with Crippen LogP contribution in [-0.4, -0.2) is 24.3 Å². The van der Waals surface area contributed by atoms with E-state index < -0.39 is 0 Å². The number of aliphatic hydroxyl groups excluding tert-OH is 1. The Kier molecular flexibility index (Phi) is 4.75. The van der Waals surface area contributed by atoms with Gasteiger partial charge in [-0.2, -0.15) is 0 Å². The highest BCUT2D eigenvalue weighted by Gasteiger charge is 2.24. The van der Waals surface area contributed by atoms with Gasteiger partial charge in [-0.05, 0) is 43.2 Å². The molecular weight excluding hydrogens is 224 g/mol. The lowest BCUT2D eigenvalue weighted by molar-refractivity contribution is 0.263. The maximum Gasteiger partial charge on any atom is 0.0446 e. The molecule has 0 amide bonds. The van der Waals surface area contributed by atoms with Gasteiger partial charge in [0, 0.05) is 25.2 Å². The number of hydrogen-bond donors (Lipinski definition) is 3. The molecule has 2 atom stereocenters. The molecule has 2 rings (SSSR count). The highest BCUT2D eigenvalue weighted by Crippen LogP contribution is 2.40. The first-order valence-electron chi connectivity index (χ1n) is 6.91. The molecule has 0 aliphatic heterocycles. The lowest BCUT2D eigenvalue weighted by Crippen LogP contribution is -2.35. The van der Waals surface area contributed by atoms with E-state index in [4.69, 9.17) is 10.8 Å². The minimum atomic E-state index is 0.185. The number of aliphatic hydroxyl groups is 1. The molecule has 4 N–H and O–H groups in total. The molecule has 0 radical (unpaired) electrons. The third-order valence-electron chi connectivity index (χ3n) is 3.65. The zero-order valence-corrected chi connectivity index (χ0v) is 11.1. The Labute approximate surface area is 109 Å². The minimum Gasteiger partial charge on any atom is -0.396 e. The van der Waals surface area contributed by atoms with Crippen molar-refractivity contribution in [1.29, 1.82) is 0 Å². The second kappa shape index (κ2) is 6.32. The number of hydrogen-bond acceptors (Lipinski definition) is 3. The van der Waals surface area contributed by atoms with E-state index >= 15 is 0 Å². The van der Waals surface area contributed by atoms with E-state index in [9.17, 15) is 0 Å². The summed E-state index contributed by atoms with van der Waals surface area (Å²) < 4.78 is 0. The van der Waals surface area contributed by atoms with E-state index in [0.717, 1.165) is 12.3 Å². The van der Waals surface area contributed by atoms with Crippen LogP contribution in [0.15, 0.2) is 24.3 Å². The highest BCUT2D eigenvalue weighted by molar-refractivity contribution is 5.31. The second-order valence-corrected chi connectivity index (χ2v) is 5.31. The largest absolute Gasteiger partial charge is 0.396 e. The molecule has 1 saturated carbocycles.